The third kappa shape index (κ3) is 5.69. The molecule has 4 atom stereocenters. The highest BCUT2D eigenvalue weighted by atomic mass is 35.5. The summed E-state index contributed by atoms with van der Waals surface area (Å²) in [6, 6.07) is 14.4. The van der Waals surface area contributed by atoms with Gasteiger partial charge in [-0.1, -0.05) is 55.6 Å². The number of hydrogen-bond donors (Lipinski definition) is 0. The first-order chi connectivity index (χ1) is 19.5. The topological polar surface area (TPSA) is 69.9 Å². The van der Waals surface area contributed by atoms with Crippen molar-refractivity contribution in [3.05, 3.63) is 58.6 Å². The normalized spacial score (nSPS) is 25.4. The molecule has 0 aliphatic heterocycles. The van der Waals surface area contributed by atoms with E-state index < -0.39 is 0 Å². The van der Waals surface area contributed by atoms with E-state index in [1.807, 2.05) is 24.3 Å². The van der Waals surface area contributed by atoms with Crippen molar-refractivity contribution in [3.8, 4) is 11.4 Å². The monoisotopic (exact) mass is 578 g/mol. The molecule has 2 fully saturated rings. The van der Waals surface area contributed by atoms with E-state index in [4.69, 9.17) is 16.3 Å². The van der Waals surface area contributed by atoms with Gasteiger partial charge in [-0.25, -0.2) is 0 Å². The number of fused-ring (bicyclic) bond motifs is 5. The predicted molar refractivity (Wildman–Crippen MR) is 160 cm³/mol. The number of rotatable bonds is 11. The minimum Gasteiger partial charge on any atom is -0.494 e. The maximum Gasteiger partial charge on any atom is 0.214 e. The van der Waals surface area contributed by atoms with Crippen LogP contribution in [-0.4, -0.2) is 38.4 Å². The maximum atomic E-state index is 12.6. The molecule has 6 rings (SSSR count). The number of unbranched alkanes of at least 4 members (excludes halogenated alkanes) is 4. The molecule has 0 radical (unpaired) electrons. The molecular weight excluding hydrogens is 540 g/mol. The number of ether oxygens (including phenoxy) is 1. The molecule has 1 heterocycles. The average molecular weight is 579 g/mol. The lowest BCUT2D eigenvalue weighted by Gasteiger charge is -2.48. The Hall–Kier alpha value is -2.38. The van der Waals surface area contributed by atoms with Crippen LogP contribution in [0.3, 0.4) is 0 Å². The summed E-state index contributed by atoms with van der Waals surface area (Å²) < 4.78 is 7.93. The molecule has 3 unspecified atom stereocenters. The molecule has 3 aromatic rings. The molecule has 3 aliphatic rings. The highest BCUT2D eigenvalue weighted by molar-refractivity contribution is 7.99. The zero-order valence-corrected chi connectivity index (χ0v) is 24.9. The van der Waals surface area contributed by atoms with Crippen molar-refractivity contribution in [1.29, 1.82) is 0 Å². The lowest BCUT2D eigenvalue weighted by atomic mass is 9.55. The van der Waals surface area contributed by atoms with E-state index in [1.165, 1.54) is 36.8 Å². The third-order valence-corrected chi connectivity index (χ3v) is 11.0. The van der Waals surface area contributed by atoms with Gasteiger partial charge in [0.25, 0.3) is 0 Å². The Balaban J connectivity index is 0.891. The van der Waals surface area contributed by atoms with Crippen LogP contribution in [0.5, 0.6) is 5.75 Å². The van der Waals surface area contributed by atoms with Gasteiger partial charge in [0.05, 0.1) is 12.3 Å². The molecule has 40 heavy (non-hydrogen) atoms. The molecule has 0 spiro atoms. The molecule has 6 nitrogen and oxygen atoms in total. The van der Waals surface area contributed by atoms with Crippen LogP contribution in [0.25, 0.3) is 5.69 Å². The van der Waals surface area contributed by atoms with Crippen LogP contribution in [0.4, 0.5) is 0 Å². The van der Waals surface area contributed by atoms with Crippen LogP contribution in [0, 0.1) is 17.3 Å². The van der Waals surface area contributed by atoms with Gasteiger partial charge in [0.1, 0.15) is 11.5 Å². The second-order valence-corrected chi connectivity index (χ2v) is 13.5. The second kappa shape index (κ2) is 12.2. The van der Waals surface area contributed by atoms with E-state index in [2.05, 4.69) is 40.6 Å². The fraction of sp³-hybridized carbons (Fsp3) is 0.562. The van der Waals surface area contributed by atoms with Gasteiger partial charge in [0.15, 0.2) is 0 Å². The molecule has 0 N–H and O–H groups in total. The molecular formula is C32H39ClN4O2S. The summed E-state index contributed by atoms with van der Waals surface area (Å²) in [5, 5.41) is 13.6. The van der Waals surface area contributed by atoms with Gasteiger partial charge >= 0.3 is 0 Å². The predicted octanol–water partition coefficient (Wildman–Crippen LogP) is 7.86. The summed E-state index contributed by atoms with van der Waals surface area (Å²) in [6.07, 6.45) is 12.3. The van der Waals surface area contributed by atoms with Crippen molar-refractivity contribution >= 4 is 29.1 Å². The minimum absolute atomic E-state index is 0.0447. The Labute approximate surface area is 246 Å². The molecule has 2 saturated carbocycles. The highest BCUT2D eigenvalue weighted by Crippen LogP contribution is 2.59. The summed E-state index contributed by atoms with van der Waals surface area (Å²) >= 11 is 7.69. The Morgan fingerprint density at radius 3 is 2.73 bits per heavy atom. The van der Waals surface area contributed by atoms with E-state index in [9.17, 15) is 4.79 Å². The van der Waals surface area contributed by atoms with Crippen LogP contribution in [0.2, 0.25) is 5.02 Å². The molecule has 3 aliphatic carbocycles. The number of carbonyl (C=O) groups is 1. The largest absolute Gasteiger partial charge is 0.494 e. The lowest BCUT2D eigenvalue weighted by molar-refractivity contribution is -0.129. The van der Waals surface area contributed by atoms with Crippen LogP contribution >= 0.6 is 23.4 Å². The molecule has 2 aromatic carbocycles. The average Bonchev–Trinajstić information content (AvgIpc) is 3.56. The number of carbonyl (C=O) groups excluding carboxylic acids is 1. The van der Waals surface area contributed by atoms with Crippen molar-refractivity contribution in [2.24, 2.45) is 17.3 Å². The van der Waals surface area contributed by atoms with Gasteiger partial charge in [-0.15, -0.1) is 5.10 Å². The first-order valence-corrected chi connectivity index (χ1v) is 16.4. The SMILES string of the molecule is C[C@]12CCC3c4ccc(OCCCCCCCSc5nnnn5-c5ccc(Cl)cc5)cc4CCC3C1CCC2=O. The molecule has 0 saturated heterocycles. The summed E-state index contributed by atoms with van der Waals surface area (Å²) in [5.41, 5.74) is 3.89. The minimum atomic E-state index is -0.0447. The Bertz CT molecular complexity index is 1330. The number of aryl methyl sites for hydroxylation is 1. The van der Waals surface area contributed by atoms with Gasteiger partial charge < -0.3 is 4.74 Å². The second-order valence-electron chi connectivity index (χ2n) is 12.0. The van der Waals surface area contributed by atoms with E-state index in [-0.39, 0.29) is 5.41 Å². The fourth-order valence-corrected chi connectivity index (χ4v) is 8.54. The summed E-state index contributed by atoms with van der Waals surface area (Å²) in [6.45, 7) is 3.03. The number of benzene rings is 2. The van der Waals surface area contributed by atoms with Crippen LogP contribution in [0.1, 0.15) is 88.2 Å². The third-order valence-electron chi connectivity index (χ3n) is 9.71. The number of ketones is 1. The molecule has 0 amide bonds. The van der Waals surface area contributed by atoms with E-state index >= 15 is 0 Å². The van der Waals surface area contributed by atoms with Gasteiger partial charge in [0.2, 0.25) is 5.16 Å². The van der Waals surface area contributed by atoms with Gasteiger partial charge in [-0.3, -0.25) is 4.79 Å². The standard InChI is InChI=1S/C32H39ClN4O2S/c1-32-18-17-27-26-14-12-25(21-22(26)7-13-28(27)29(32)15-16-30(32)38)39-19-5-3-2-4-6-20-40-31-34-35-36-37(31)24-10-8-23(33)9-11-24/h8-12,14,21,27-29H,2-7,13,15-20H2,1H3/t27?,28?,29?,32-/m0/s1. The van der Waals surface area contributed by atoms with Crippen molar-refractivity contribution < 1.29 is 9.53 Å². The Morgan fingerprint density at radius 1 is 1.02 bits per heavy atom. The first kappa shape index (κ1) is 27.8. The fourth-order valence-electron chi connectivity index (χ4n) is 7.52. The van der Waals surface area contributed by atoms with Gasteiger partial charge in [0, 0.05) is 22.6 Å². The molecule has 0 bridgehead atoms. The number of Topliss-reactive ketones (excluding diaryl/α,β-unsaturated/α-hetero) is 1. The Morgan fingerprint density at radius 2 is 1.85 bits per heavy atom. The zero-order chi connectivity index (χ0) is 27.5. The number of thioether (sulfide) groups is 1. The quantitative estimate of drug-likeness (QED) is 0.170. The summed E-state index contributed by atoms with van der Waals surface area (Å²) in [7, 11) is 0. The highest BCUT2D eigenvalue weighted by Gasteiger charge is 2.54. The molecule has 212 valence electrons. The number of nitrogens with zero attached hydrogens (tertiary/aromatic N) is 4. The van der Waals surface area contributed by atoms with E-state index in [0.29, 0.717) is 28.6 Å². The number of halogens is 1. The van der Waals surface area contributed by atoms with Crippen LogP contribution in [-0.2, 0) is 11.2 Å². The number of tetrazole rings is 1. The van der Waals surface area contributed by atoms with Gasteiger partial charge in [-0.05, 0) is 121 Å². The number of hydrogen-bond acceptors (Lipinski definition) is 6. The van der Waals surface area contributed by atoms with Gasteiger partial charge in [-0.2, -0.15) is 4.68 Å². The summed E-state index contributed by atoms with van der Waals surface area (Å²) in [5.74, 6) is 4.44. The number of aromatic nitrogens is 4. The van der Waals surface area contributed by atoms with Crippen molar-refractivity contribution in [2.75, 3.05) is 12.4 Å². The molecule has 1 aromatic heterocycles. The van der Waals surface area contributed by atoms with E-state index in [0.717, 1.165) is 73.9 Å². The maximum absolute atomic E-state index is 12.6. The lowest BCUT2D eigenvalue weighted by Crippen LogP contribution is -2.42. The van der Waals surface area contributed by atoms with Crippen LogP contribution < -0.4 is 4.74 Å². The van der Waals surface area contributed by atoms with E-state index in [1.54, 1.807) is 16.4 Å². The summed E-state index contributed by atoms with van der Waals surface area (Å²) in [4.78, 5) is 12.6. The van der Waals surface area contributed by atoms with Crippen molar-refractivity contribution in [1.82, 2.24) is 20.2 Å². The molecule has 8 heteroatoms. The smallest absolute Gasteiger partial charge is 0.214 e. The van der Waals surface area contributed by atoms with Crippen LogP contribution in [0.15, 0.2) is 47.6 Å². The van der Waals surface area contributed by atoms with Crippen molar-refractivity contribution in [3.63, 3.8) is 0 Å². The Kier molecular flexibility index (Phi) is 8.50. The first-order valence-electron chi connectivity index (χ1n) is 15.0. The van der Waals surface area contributed by atoms with Crippen molar-refractivity contribution in [2.45, 2.75) is 88.6 Å². The zero-order valence-electron chi connectivity index (χ0n) is 23.4.